The van der Waals surface area contributed by atoms with Gasteiger partial charge >= 0.3 is 0 Å². The molecular weight excluding hydrogens is 234 g/mol. The summed E-state index contributed by atoms with van der Waals surface area (Å²) in [6.07, 6.45) is 4.85. The maximum Gasteiger partial charge on any atom is 0.138 e. The van der Waals surface area contributed by atoms with E-state index in [0.717, 1.165) is 25.2 Å². The molecule has 1 aromatic heterocycles. The van der Waals surface area contributed by atoms with Crippen molar-refractivity contribution in [3.05, 3.63) is 12.2 Å². The molecule has 2 rings (SSSR count). The Morgan fingerprint density at radius 1 is 1.71 bits per heavy atom. The third-order valence-corrected chi connectivity index (χ3v) is 4.47. The summed E-state index contributed by atoms with van der Waals surface area (Å²) in [6.45, 7) is 3.09. The maximum absolute atomic E-state index is 5.68. The minimum atomic E-state index is 0.324. The summed E-state index contributed by atoms with van der Waals surface area (Å²) in [5.74, 6) is 9.85. The van der Waals surface area contributed by atoms with Crippen LogP contribution in [0.2, 0.25) is 0 Å². The molecule has 17 heavy (non-hydrogen) atoms. The van der Waals surface area contributed by atoms with Crippen LogP contribution < -0.4 is 11.3 Å². The van der Waals surface area contributed by atoms with E-state index in [1.165, 1.54) is 17.9 Å². The highest BCUT2D eigenvalue weighted by Crippen LogP contribution is 2.27. The van der Waals surface area contributed by atoms with Gasteiger partial charge in [0.15, 0.2) is 0 Å². The molecule has 0 amide bonds. The molecule has 0 bridgehead atoms. The summed E-state index contributed by atoms with van der Waals surface area (Å²) >= 11 is 2.01. The van der Waals surface area contributed by atoms with E-state index in [2.05, 4.69) is 22.4 Å². The van der Waals surface area contributed by atoms with Gasteiger partial charge in [0, 0.05) is 19.0 Å². The molecule has 96 valence electrons. The Bertz CT molecular complexity index is 334. The standard InChI is InChI=1S/C11H21N5S/c1-2-4-16-11(13-8-14-16)6-10(15-12)9-3-5-17-7-9/h8-10,15H,2-7,12H2,1H3. The summed E-state index contributed by atoms with van der Waals surface area (Å²) in [4.78, 5) is 4.34. The fourth-order valence-corrected chi connectivity index (χ4v) is 3.61. The molecule has 1 fully saturated rings. The van der Waals surface area contributed by atoms with Gasteiger partial charge in [-0.1, -0.05) is 6.92 Å². The van der Waals surface area contributed by atoms with Crippen LogP contribution in [0.25, 0.3) is 0 Å². The second-order valence-electron chi connectivity index (χ2n) is 4.50. The second kappa shape index (κ2) is 6.37. The number of nitrogens with zero attached hydrogens (tertiary/aromatic N) is 3. The van der Waals surface area contributed by atoms with Crippen molar-refractivity contribution in [1.82, 2.24) is 20.2 Å². The van der Waals surface area contributed by atoms with Gasteiger partial charge in [-0.3, -0.25) is 16.0 Å². The molecule has 0 radical (unpaired) electrons. The average molecular weight is 255 g/mol. The number of rotatable bonds is 6. The van der Waals surface area contributed by atoms with Crippen molar-refractivity contribution in [2.24, 2.45) is 11.8 Å². The van der Waals surface area contributed by atoms with Crippen molar-refractivity contribution in [1.29, 1.82) is 0 Å². The lowest BCUT2D eigenvalue weighted by atomic mass is 9.96. The molecule has 0 saturated carbocycles. The van der Waals surface area contributed by atoms with Gasteiger partial charge in [0.2, 0.25) is 0 Å². The Balaban J connectivity index is 1.99. The molecule has 2 heterocycles. The molecule has 1 saturated heterocycles. The van der Waals surface area contributed by atoms with Crippen LogP contribution in [0.15, 0.2) is 6.33 Å². The van der Waals surface area contributed by atoms with Crippen LogP contribution in [-0.4, -0.2) is 32.3 Å². The van der Waals surface area contributed by atoms with E-state index in [9.17, 15) is 0 Å². The first kappa shape index (κ1) is 12.9. The van der Waals surface area contributed by atoms with Crippen LogP contribution >= 0.6 is 11.8 Å². The zero-order valence-electron chi connectivity index (χ0n) is 10.3. The monoisotopic (exact) mass is 255 g/mol. The third-order valence-electron chi connectivity index (χ3n) is 3.28. The fourth-order valence-electron chi connectivity index (χ4n) is 2.27. The highest BCUT2D eigenvalue weighted by Gasteiger charge is 2.26. The summed E-state index contributed by atoms with van der Waals surface area (Å²) in [5, 5.41) is 4.25. The smallest absolute Gasteiger partial charge is 0.138 e. The Morgan fingerprint density at radius 2 is 2.59 bits per heavy atom. The molecular formula is C11H21N5S. The first-order valence-electron chi connectivity index (χ1n) is 6.25. The largest absolute Gasteiger partial charge is 0.271 e. The van der Waals surface area contributed by atoms with Gasteiger partial charge in [0.05, 0.1) is 0 Å². The summed E-state index contributed by atoms with van der Waals surface area (Å²) in [7, 11) is 0. The summed E-state index contributed by atoms with van der Waals surface area (Å²) < 4.78 is 1.99. The number of thioether (sulfide) groups is 1. The van der Waals surface area contributed by atoms with E-state index in [4.69, 9.17) is 5.84 Å². The molecule has 0 spiro atoms. The van der Waals surface area contributed by atoms with Crippen LogP contribution in [0.3, 0.4) is 0 Å². The van der Waals surface area contributed by atoms with Crippen LogP contribution in [0.4, 0.5) is 0 Å². The number of hydrazine groups is 1. The zero-order chi connectivity index (χ0) is 12.1. The quantitative estimate of drug-likeness (QED) is 0.582. The van der Waals surface area contributed by atoms with E-state index < -0.39 is 0 Å². The highest BCUT2D eigenvalue weighted by molar-refractivity contribution is 7.99. The number of aryl methyl sites for hydroxylation is 1. The minimum absolute atomic E-state index is 0.324. The van der Waals surface area contributed by atoms with Gasteiger partial charge in [-0.05, 0) is 30.3 Å². The summed E-state index contributed by atoms with van der Waals surface area (Å²) in [5.41, 5.74) is 2.96. The van der Waals surface area contributed by atoms with Crippen molar-refractivity contribution in [2.45, 2.75) is 38.8 Å². The Kier molecular flexibility index (Phi) is 4.82. The number of nitrogens with two attached hydrogens (primary N) is 1. The van der Waals surface area contributed by atoms with Crippen LogP contribution in [0, 0.1) is 5.92 Å². The molecule has 0 aliphatic carbocycles. The Labute approximate surface area is 107 Å². The van der Waals surface area contributed by atoms with E-state index in [1.54, 1.807) is 6.33 Å². The SMILES string of the molecule is CCCn1ncnc1CC(NN)C1CCSC1. The van der Waals surface area contributed by atoms with Crippen LogP contribution in [-0.2, 0) is 13.0 Å². The van der Waals surface area contributed by atoms with Gasteiger partial charge in [-0.15, -0.1) is 0 Å². The van der Waals surface area contributed by atoms with Gasteiger partial charge in [0.1, 0.15) is 12.2 Å². The highest BCUT2D eigenvalue weighted by atomic mass is 32.2. The van der Waals surface area contributed by atoms with E-state index in [1.807, 2.05) is 16.4 Å². The topological polar surface area (TPSA) is 68.8 Å². The van der Waals surface area contributed by atoms with Crippen molar-refractivity contribution < 1.29 is 0 Å². The van der Waals surface area contributed by atoms with Gasteiger partial charge in [-0.2, -0.15) is 16.9 Å². The average Bonchev–Trinajstić information content (AvgIpc) is 2.97. The third kappa shape index (κ3) is 3.20. The molecule has 0 aromatic carbocycles. The predicted molar refractivity (Wildman–Crippen MR) is 70.6 cm³/mol. The lowest BCUT2D eigenvalue weighted by molar-refractivity contribution is 0.373. The normalized spacial score (nSPS) is 21.9. The van der Waals surface area contributed by atoms with Gasteiger partial charge in [-0.25, -0.2) is 4.98 Å². The van der Waals surface area contributed by atoms with E-state index >= 15 is 0 Å². The molecule has 5 nitrogen and oxygen atoms in total. The molecule has 1 aliphatic heterocycles. The first-order chi connectivity index (χ1) is 8.35. The molecule has 1 aliphatic rings. The fraction of sp³-hybridized carbons (Fsp3) is 0.818. The van der Waals surface area contributed by atoms with E-state index in [0.29, 0.717) is 12.0 Å². The number of hydrogen-bond donors (Lipinski definition) is 2. The first-order valence-corrected chi connectivity index (χ1v) is 7.41. The predicted octanol–water partition coefficient (Wildman–Crippen LogP) is 0.816. The van der Waals surface area contributed by atoms with Crippen LogP contribution in [0.5, 0.6) is 0 Å². The van der Waals surface area contributed by atoms with Gasteiger partial charge in [0.25, 0.3) is 0 Å². The molecule has 1 aromatic rings. The lowest BCUT2D eigenvalue weighted by Crippen LogP contribution is -2.43. The maximum atomic E-state index is 5.68. The van der Waals surface area contributed by atoms with Crippen LogP contribution in [0.1, 0.15) is 25.6 Å². The molecule has 3 N–H and O–H groups in total. The summed E-state index contributed by atoms with van der Waals surface area (Å²) in [6, 6.07) is 0.324. The molecule has 6 heteroatoms. The van der Waals surface area contributed by atoms with Crippen molar-refractivity contribution >= 4 is 11.8 Å². The van der Waals surface area contributed by atoms with Gasteiger partial charge < -0.3 is 0 Å². The zero-order valence-corrected chi connectivity index (χ0v) is 11.1. The number of nitrogens with one attached hydrogen (secondary N) is 1. The second-order valence-corrected chi connectivity index (χ2v) is 5.65. The Hall–Kier alpha value is -0.590. The minimum Gasteiger partial charge on any atom is -0.271 e. The van der Waals surface area contributed by atoms with Crippen molar-refractivity contribution in [2.75, 3.05) is 11.5 Å². The van der Waals surface area contributed by atoms with E-state index in [-0.39, 0.29) is 0 Å². The molecule has 2 unspecified atom stereocenters. The Morgan fingerprint density at radius 3 is 3.24 bits per heavy atom. The molecule has 2 atom stereocenters. The van der Waals surface area contributed by atoms with Crippen molar-refractivity contribution in [3.8, 4) is 0 Å². The number of aromatic nitrogens is 3. The number of hydrogen-bond acceptors (Lipinski definition) is 5. The van der Waals surface area contributed by atoms with Crippen molar-refractivity contribution in [3.63, 3.8) is 0 Å². The lowest BCUT2D eigenvalue weighted by Gasteiger charge is -2.21.